The van der Waals surface area contributed by atoms with E-state index in [1.54, 1.807) is 6.92 Å². The van der Waals surface area contributed by atoms with Gasteiger partial charge in [-0.05, 0) is 18.2 Å². The molecule has 0 atom stereocenters. The van der Waals surface area contributed by atoms with Gasteiger partial charge in [0.2, 0.25) is 5.89 Å². The molecule has 2 aromatic rings. The molecule has 0 fully saturated rings. The molecule has 7 heteroatoms. The van der Waals surface area contributed by atoms with Crippen molar-refractivity contribution in [3.05, 3.63) is 40.6 Å². The number of benzene rings is 1. The minimum atomic E-state index is -0.533. The first kappa shape index (κ1) is 12.4. The first-order valence-corrected chi connectivity index (χ1v) is 5.45. The lowest BCUT2D eigenvalue weighted by Gasteiger charge is -2.03. The number of hydrogen-bond acceptors (Lipinski definition) is 6. The van der Waals surface area contributed by atoms with Gasteiger partial charge in [0.25, 0.3) is 5.89 Å². The molecule has 2 rings (SSSR count). The molecule has 94 valence electrons. The van der Waals surface area contributed by atoms with E-state index in [0.29, 0.717) is 22.2 Å². The number of nitrogens with zero attached hydrogens (tertiary/aromatic N) is 2. The molecule has 0 saturated carbocycles. The minimum absolute atomic E-state index is 0.0811. The number of hydrogen-bond donors (Lipinski definition) is 1. The molecule has 0 spiro atoms. The van der Waals surface area contributed by atoms with E-state index in [0.717, 1.165) is 0 Å². The number of nitrogen functional groups attached to an aromatic ring is 1. The number of anilines is 1. The predicted octanol–water partition coefficient (Wildman–Crippen LogP) is 1.97. The number of esters is 1. The zero-order valence-corrected chi connectivity index (χ0v) is 10.3. The van der Waals surface area contributed by atoms with Crippen LogP contribution in [0.25, 0.3) is 0 Å². The third kappa shape index (κ3) is 2.78. The number of carbonyl (C=O) groups excluding carboxylic acids is 1. The van der Waals surface area contributed by atoms with Gasteiger partial charge in [-0.1, -0.05) is 11.6 Å². The summed E-state index contributed by atoms with van der Waals surface area (Å²) in [5.41, 5.74) is 6.22. The van der Waals surface area contributed by atoms with E-state index >= 15 is 0 Å². The van der Waals surface area contributed by atoms with Crippen molar-refractivity contribution in [2.75, 3.05) is 5.73 Å². The second-order valence-electron chi connectivity index (χ2n) is 3.53. The zero-order chi connectivity index (χ0) is 13.1. The van der Waals surface area contributed by atoms with Crippen LogP contribution in [-0.2, 0) is 11.3 Å². The third-order valence-electron chi connectivity index (χ3n) is 2.13. The molecule has 1 heterocycles. The maximum absolute atomic E-state index is 11.7. The molecule has 0 aliphatic heterocycles. The Labute approximate surface area is 108 Å². The summed E-state index contributed by atoms with van der Waals surface area (Å²) in [4.78, 5) is 11.7. The molecule has 0 bridgehead atoms. The Hall–Kier alpha value is -2.08. The molecule has 1 aromatic heterocycles. The Balaban J connectivity index is 2.01. The van der Waals surface area contributed by atoms with Gasteiger partial charge >= 0.3 is 5.97 Å². The Bertz CT molecular complexity index is 583. The SMILES string of the molecule is Cc1nnc(COC(=O)c2ccc(Cl)c(N)c2)o1. The van der Waals surface area contributed by atoms with Crippen LogP contribution in [0.4, 0.5) is 5.69 Å². The first-order valence-electron chi connectivity index (χ1n) is 5.07. The maximum atomic E-state index is 11.7. The molecule has 0 aliphatic carbocycles. The zero-order valence-electron chi connectivity index (χ0n) is 9.51. The quantitative estimate of drug-likeness (QED) is 0.675. The fraction of sp³-hybridized carbons (Fsp3) is 0.182. The average molecular weight is 268 g/mol. The van der Waals surface area contributed by atoms with Gasteiger partial charge in [0, 0.05) is 6.92 Å². The molecule has 0 amide bonds. The van der Waals surface area contributed by atoms with Crippen molar-refractivity contribution in [1.29, 1.82) is 0 Å². The molecule has 0 radical (unpaired) electrons. The van der Waals surface area contributed by atoms with E-state index in [4.69, 9.17) is 26.5 Å². The number of aryl methyl sites for hydroxylation is 1. The summed E-state index contributed by atoms with van der Waals surface area (Å²) in [5, 5.41) is 7.71. The maximum Gasteiger partial charge on any atom is 0.338 e. The van der Waals surface area contributed by atoms with Crippen LogP contribution < -0.4 is 5.73 Å². The molecule has 0 aliphatic rings. The highest BCUT2D eigenvalue weighted by Gasteiger charge is 2.11. The number of carbonyl (C=O) groups is 1. The lowest BCUT2D eigenvalue weighted by Crippen LogP contribution is -2.06. The van der Waals surface area contributed by atoms with Crippen molar-refractivity contribution in [3.63, 3.8) is 0 Å². The van der Waals surface area contributed by atoms with Crippen LogP contribution in [0.1, 0.15) is 22.1 Å². The normalized spacial score (nSPS) is 10.3. The molecule has 1 aromatic carbocycles. The molecular formula is C11H10ClN3O3. The Morgan fingerprint density at radius 3 is 2.89 bits per heavy atom. The Kier molecular flexibility index (Phi) is 3.47. The van der Waals surface area contributed by atoms with E-state index in [2.05, 4.69) is 10.2 Å². The van der Waals surface area contributed by atoms with Gasteiger partial charge in [-0.2, -0.15) is 0 Å². The summed E-state index contributed by atoms with van der Waals surface area (Å²) >= 11 is 5.75. The Morgan fingerprint density at radius 2 is 2.28 bits per heavy atom. The molecular weight excluding hydrogens is 258 g/mol. The van der Waals surface area contributed by atoms with Crippen LogP contribution in [0, 0.1) is 6.92 Å². The number of rotatable bonds is 3. The third-order valence-corrected chi connectivity index (χ3v) is 2.47. The van der Waals surface area contributed by atoms with Crippen LogP contribution in [0.15, 0.2) is 22.6 Å². The van der Waals surface area contributed by atoms with Gasteiger partial charge in [0.1, 0.15) is 0 Å². The molecule has 6 nitrogen and oxygen atoms in total. The van der Waals surface area contributed by atoms with E-state index < -0.39 is 5.97 Å². The second-order valence-corrected chi connectivity index (χ2v) is 3.93. The van der Waals surface area contributed by atoms with E-state index in [-0.39, 0.29) is 12.5 Å². The lowest BCUT2D eigenvalue weighted by atomic mass is 10.2. The average Bonchev–Trinajstić information content (AvgIpc) is 2.75. The summed E-state index contributed by atoms with van der Waals surface area (Å²) in [6.07, 6.45) is 0. The molecule has 18 heavy (non-hydrogen) atoms. The standard InChI is InChI=1S/C11H10ClN3O3/c1-6-14-15-10(18-6)5-17-11(16)7-2-3-8(12)9(13)4-7/h2-4H,5,13H2,1H3. The van der Waals surface area contributed by atoms with Crippen molar-refractivity contribution in [2.45, 2.75) is 13.5 Å². The van der Waals surface area contributed by atoms with Gasteiger partial charge in [-0.3, -0.25) is 0 Å². The summed E-state index contributed by atoms with van der Waals surface area (Å²) in [7, 11) is 0. The summed E-state index contributed by atoms with van der Waals surface area (Å²) in [5.74, 6) is 0.119. The molecule has 2 N–H and O–H groups in total. The lowest BCUT2D eigenvalue weighted by molar-refractivity contribution is 0.0437. The van der Waals surface area contributed by atoms with Crippen LogP contribution >= 0.6 is 11.6 Å². The fourth-order valence-corrected chi connectivity index (χ4v) is 1.39. The summed E-state index contributed by atoms with van der Waals surface area (Å²) in [6.45, 7) is 1.57. The van der Waals surface area contributed by atoms with Gasteiger partial charge in [-0.15, -0.1) is 10.2 Å². The van der Waals surface area contributed by atoms with Crippen LogP contribution in [0.5, 0.6) is 0 Å². The molecule has 0 saturated heterocycles. The Morgan fingerprint density at radius 1 is 1.50 bits per heavy atom. The van der Waals surface area contributed by atoms with Crippen molar-refractivity contribution in [3.8, 4) is 0 Å². The van der Waals surface area contributed by atoms with Gasteiger partial charge in [-0.25, -0.2) is 4.79 Å². The fourth-order valence-electron chi connectivity index (χ4n) is 1.28. The van der Waals surface area contributed by atoms with Gasteiger partial charge < -0.3 is 14.9 Å². The van der Waals surface area contributed by atoms with Crippen molar-refractivity contribution < 1.29 is 13.9 Å². The van der Waals surface area contributed by atoms with E-state index in [1.165, 1.54) is 18.2 Å². The van der Waals surface area contributed by atoms with Gasteiger partial charge in [0.05, 0.1) is 16.3 Å². The predicted molar refractivity (Wildman–Crippen MR) is 64.0 cm³/mol. The highest BCUT2D eigenvalue weighted by atomic mass is 35.5. The number of nitrogens with two attached hydrogens (primary N) is 1. The van der Waals surface area contributed by atoms with Gasteiger partial charge in [0.15, 0.2) is 6.61 Å². The van der Waals surface area contributed by atoms with Crippen LogP contribution in [0.3, 0.4) is 0 Å². The monoisotopic (exact) mass is 267 g/mol. The summed E-state index contributed by atoms with van der Waals surface area (Å²) < 4.78 is 10.1. The smallest absolute Gasteiger partial charge is 0.338 e. The van der Waals surface area contributed by atoms with E-state index in [9.17, 15) is 4.79 Å². The number of aromatic nitrogens is 2. The van der Waals surface area contributed by atoms with Crippen LogP contribution in [0.2, 0.25) is 5.02 Å². The topological polar surface area (TPSA) is 91.2 Å². The highest BCUT2D eigenvalue weighted by molar-refractivity contribution is 6.33. The van der Waals surface area contributed by atoms with Crippen molar-refractivity contribution in [1.82, 2.24) is 10.2 Å². The largest absolute Gasteiger partial charge is 0.452 e. The van der Waals surface area contributed by atoms with Crippen molar-refractivity contribution in [2.24, 2.45) is 0 Å². The first-order chi connectivity index (χ1) is 8.56. The van der Waals surface area contributed by atoms with Crippen LogP contribution in [-0.4, -0.2) is 16.2 Å². The minimum Gasteiger partial charge on any atom is -0.452 e. The summed E-state index contributed by atoms with van der Waals surface area (Å²) in [6, 6.07) is 4.51. The highest BCUT2D eigenvalue weighted by Crippen LogP contribution is 2.20. The number of halogens is 1. The second kappa shape index (κ2) is 5.05. The van der Waals surface area contributed by atoms with Crippen molar-refractivity contribution >= 4 is 23.3 Å². The number of ether oxygens (including phenoxy) is 1. The van der Waals surface area contributed by atoms with E-state index in [1.807, 2.05) is 0 Å². The molecule has 0 unspecified atom stereocenters.